The summed E-state index contributed by atoms with van der Waals surface area (Å²) in [5.41, 5.74) is 1.25. The van der Waals surface area contributed by atoms with Crippen LogP contribution in [0.4, 0.5) is 0 Å². The second-order valence-corrected chi connectivity index (χ2v) is 5.10. The highest BCUT2D eigenvalue weighted by atomic mass is 16.5. The molecule has 21 heavy (non-hydrogen) atoms. The number of nitrogens with one attached hydrogen (secondary N) is 1. The van der Waals surface area contributed by atoms with Crippen LogP contribution in [0, 0.1) is 0 Å². The smallest absolute Gasteiger partial charge is 0.335 e. The Labute approximate surface area is 126 Å². The molecule has 0 saturated heterocycles. The maximum Gasteiger partial charge on any atom is 0.335 e. The highest BCUT2D eigenvalue weighted by Crippen LogP contribution is 2.11. The fourth-order valence-corrected chi connectivity index (χ4v) is 1.53. The normalized spacial score (nSPS) is 11.9. The summed E-state index contributed by atoms with van der Waals surface area (Å²) in [6.45, 7) is 7.33. The molecule has 0 heterocycles. The van der Waals surface area contributed by atoms with Crippen LogP contribution in [-0.2, 0) is 14.3 Å². The molecule has 0 saturated carbocycles. The fraction of sp³-hybridized carbons (Fsp3) is 0.600. The second kappa shape index (κ2) is 10.1. The van der Waals surface area contributed by atoms with Crippen molar-refractivity contribution in [3.05, 3.63) is 23.4 Å². The number of hydrogen-bond donors (Lipinski definition) is 2. The molecular weight excluding hydrogens is 272 g/mol. The Morgan fingerprint density at radius 2 is 1.90 bits per heavy atom. The van der Waals surface area contributed by atoms with Gasteiger partial charge in [0.25, 0.3) is 0 Å². The highest BCUT2D eigenvalue weighted by molar-refractivity contribution is 5.95. The van der Waals surface area contributed by atoms with Crippen molar-refractivity contribution in [1.82, 2.24) is 10.2 Å². The lowest BCUT2D eigenvalue weighted by atomic mass is 10.1. The van der Waals surface area contributed by atoms with Gasteiger partial charge in [-0.15, -0.1) is 0 Å². The summed E-state index contributed by atoms with van der Waals surface area (Å²) in [4.78, 5) is 25.6. The standard InChI is InChI=1S/C15H26N2O4/c1-11(2)14(19)16-13(7-6-8-17(4)5)12(3)15(20)21-10-9-18/h18H,1,6-10H2,2-5H3,(H,16,19). The SMILES string of the molecule is C=C(C)C(=O)NC(CCCN(C)C)=C(C)C(=O)OCCO. The lowest BCUT2D eigenvalue weighted by Crippen LogP contribution is -2.27. The fourth-order valence-electron chi connectivity index (χ4n) is 1.53. The molecule has 0 aliphatic carbocycles. The highest BCUT2D eigenvalue weighted by Gasteiger charge is 2.15. The van der Waals surface area contributed by atoms with E-state index >= 15 is 0 Å². The van der Waals surface area contributed by atoms with E-state index in [0.29, 0.717) is 23.3 Å². The molecule has 120 valence electrons. The van der Waals surface area contributed by atoms with E-state index < -0.39 is 5.97 Å². The monoisotopic (exact) mass is 298 g/mol. The third-order valence-electron chi connectivity index (χ3n) is 2.77. The van der Waals surface area contributed by atoms with Crippen molar-refractivity contribution in [3.8, 4) is 0 Å². The molecule has 0 spiro atoms. The summed E-state index contributed by atoms with van der Waals surface area (Å²) >= 11 is 0. The number of amides is 1. The van der Waals surface area contributed by atoms with Gasteiger partial charge in [0, 0.05) is 11.3 Å². The van der Waals surface area contributed by atoms with Crippen LogP contribution in [0.15, 0.2) is 23.4 Å². The molecule has 1 amide bonds. The van der Waals surface area contributed by atoms with E-state index in [-0.39, 0.29) is 19.1 Å². The number of nitrogens with zero attached hydrogens (tertiary/aromatic N) is 1. The van der Waals surface area contributed by atoms with Crippen LogP contribution < -0.4 is 5.32 Å². The van der Waals surface area contributed by atoms with Gasteiger partial charge in [0.2, 0.25) is 5.91 Å². The lowest BCUT2D eigenvalue weighted by molar-refractivity contribution is -0.140. The minimum atomic E-state index is -0.536. The van der Waals surface area contributed by atoms with Crippen LogP contribution in [-0.4, -0.2) is 55.7 Å². The molecule has 0 unspecified atom stereocenters. The van der Waals surface area contributed by atoms with Crippen LogP contribution in [0.1, 0.15) is 26.7 Å². The van der Waals surface area contributed by atoms with Gasteiger partial charge >= 0.3 is 5.97 Å². The molecule has 0 aliphatic heterocycles. The Morgan fingerprint density at radius 1 is 1.29 bits per heavy atom. The zero-order chi connectivity index (χ0) is 16.4. The van der Waals surface area contributed by atoms with Crippen molar-refractivity contribution < 1.29 is 19.4 Å². The number of carbonyl (C=O) groups excluding carboxylic acids is 2. The van der Waals surface area contributed by atoms with Crippen LogP contribution in [0.3, 0.4) is 0 Å². The first-order chi connectivity index (χ1) is 9.79. The largest absolute Gasteiger partial charge is 0.460 e. The van der Waals surface area contributed by atoms with Crippen molar-refractivity contribution >= 4 is 11.9 Å². The van der Waals surface area contributed by atoms with E-state index in [1.54, 1.807) is 13.8 Å². The van der Waals surface area contributed by atoms with Gasteiger partial charge in [0.05, 0.1) is 12.2 Å². The van der Waals surface area contributed by atoms with Gasteiger partial charge in [-0.1, -0.05) is 6.58 Å². The average Bonchev–Trinajstić information content (AvgIpc) is 2.42. The number of rotatable bonds is 9. The van der Waals surface area contributed by atoms with E-state index in [9.17, 15) is 9.59 Å². The number of allylic oxidation sites excluding steroid dienone is 1. The van der Waals surface area contributed by atoms with Crippen molar-refractivity contribution in [2.75, 3.05) is 33.9 Å². The van der Waals surface area contributed by atoms with E-state index in [2.05, 4.69) is 11.9 Å². The predicted octanol–water partition coefficient (Wildman–Crippen LogP) is 0.830. The maximum absolute atomic E-state index is 11.8. The molecule has 0 atom stereocenters. The molecule has 0 rings (SSSR count). The van der Waals surface area contributed by atoms with E-state index in [1.165, 1.54) is 0 Å². The Bertz CT molecular complexity index is 414. The zero-order valence-electron chi connectivity index (χ0n) is 13.4. The molecule has 0 aromatic rings. The first-order valence-electron chi connectivity index (χ1n) is 6.89. The number of aliphatic hydroxyl groups is 1. The number of ether oxygens (including phenoxy) is 1. The van der Waals surface area contributed by atoms with Crippen molar-refractivity contribution in [1.29, 1.82) is 0 Å². The van der Waals surface area contributed by atoms with Gasteiger partial charge in [0.1, 0.15) is 6.61 Å². The molecule has 0 aromatic heterocycles. The van der Waals surface area contributed by atoms with Crippen LogP contribution in [0.2, 0.25) is 0 Å². The molecule has 0 radical (unpaired) electrons. The average molecular weight is 298 g/mol. The summed E-state index contributed by atoms with van der Waals surface area (Å²) in [7, 11) is 3.91. The van der Waals surface area contributed by atoms with Crippen molar-refractivity contribution in [2.24, 2.45) is 0 Å². The van der Waals surface area contributed by atoms with Gasteiger partial charge in [-0.3, -0.25) is 4.79 Å². The third kappa shape index (κ3) is 8.27. The maximum atomic E-state index is 11.8. The Balaban J connectivity index is 4.94. The Hall–Kier alpha value is -1.66. The zero-order valence-corrected chi connectivity index (χ0v) is 13.4. The van der Waals surface area contributed by atoms with E-state index in [1.807, 2.05) is 19.0 Å². The summed E-state index contributed by atoms with van der Waals surface area (Å²) in [6.07, 6.45) is 1.35. The summed E-state index contributed by atoms with van der Waals surface area (Å²) < 4.78 is 4.87. The Morgan fingerprint density at radius 3 is 2.38 bits per heavy atom. The molecule has 0 fully saturated rings. The topological polar surface area (TPSA) is 78.9 Å². The summed E-state index contributed by atoms with van der Waals surface area (Å²) in [5, 5.41) is 11.4. The second-order valence-electron chi connectivity index (χ2n) is 5.10. The molecule has 2 N–H and O–H groups in total. The summed E-state index contributed by atoms with van der Waals surface area (Å²) in [6, 6.07) is 0. The molecule has 0 aliphatic rings. The minimum Gasteiger partial charge on any atom is -0.460 e. The quantitative estimate of drug-likeness (QED) is 0.487. The minimum absolute atomic E-state index is 0.0599. The molecular formula is C15H26N2O4. The molecule has 6 nitrogen and oxygen atoms in total. The third-order valence-corrected chi connectivity index (χ3v) is 2.77. The number of carbonyl (C=O) groups is 2. The summed E-state index contributed by atoms with van der Waals surface area (Å²) in [5.74, 6) is -0.852. The van der Waals surface area contributed by atoms with E-state index in [4.69, 9.17) is 9.84 Å². The Kier molecular flexibility index (Phi) is 9.32. The van der Waals surface area contributed by atoms with Crippen LogP contribution in [0.25, 0.3) is 0 Å². The number of aliphatic hydroxyl groups excluding tert-OH is 1. The number of hydrogen-bond acceptors (Lipinski definition) is 5. The van der Waals surface area contributed by atoms with Crippen LogP contribution >= 0.6 is 0 Å². The van der Waals surface area contributed by atoms with Gasteiger partial charge in [-0.25, -0.2) is 4.79 Å². The predicted molar refractivity (Wildman–Crippen MR) is 81.5 cm³/mol. The molecule has 0 bridgehead atoms. The first-order valence-corrected chi connectivity index (χ1v) is 6.89. The van der Waals surface area contributed by atoms with Crippen LogP contribution in [0.5, 0.6) is 0 Å². The van der Waals surface area contributed by atoms with Gasteiger partial charge in [-0.05, 0) is 47.3 Å². The van der Waals surface area contributed by atoms with Gasteiger partial charge < -0.3 is 20.1 Å². The molecule has 0 aromatic carbocycles. The van der Waals surface area contributed by atoms with Crippen molar-refractivity contribution in [3.63, 3.8) is 0 Å². The van der Waals surface area contributed by atoms with Crippen molar-refractivity contribution in [2.45, 2.75) is 26.7 Å². The molecule has 6 heteroatoms. The van der Waals surface area contributed by atoms with Gasteiger partial charge in [-0.2, -0.15) is 0 Å². The van der Waals surface area contributed by atoms with Gasteiger partial charge in [0.15, 0.2) is 0 Å². The lowest BCUT2D eigenvalue weighted by Gasteiger charge is -2.15. The van der Waals surface area contributed by atoms with E-state index in [0.717, 1.165) is 13.0 Å². The number of esters is 1. The first kappa shape index (κ1) is 19.3.